The molecule has 0 fully saturated rings. The van der Waals surface area contributed by atoms with Crippen LogP contribution in [0.25, 0.3) is 11.7 Å². The highest BCUT2D eigenvalue weighted by atomic mass is 79.9. The van der Waals surface area contributed by atoms with E-state index in [0.29, 0.717) is 22.3 Å². The molecule has 0 aliphatic rings. The molecule has 0 radical (unpaired) electrons. The molecule has 0 unspecified atom stereocenters. The molecule has 5 nitrogen and oxygen atoms in total. The van der Waals surface area contributed by atoms with Crippen LogP contribution in [0, 0.1) is 13.8 Å². The van der Waals surface area contributed by atoms with Gasteiger partial charge in [-0.2, -0.15) is 0 Å². The van der Waals surface area contributed by atoms with E-state index in [-0.39, 0.29) is 0 Å². The first-order chi connectivity index (χ1) is 6.16. The Morgan fingerprint density at radius 3 is 2.38 bits per heavy atom. The molecule has 0 atom stereocenters. The molecule has 2 aromatic heterocycles. The highest BCUT2D eigenvalue weighted by Gasteiger charge is 2.15. The summed E-state index contributed by atoms with van der Waals surface area (Å²) in [4.78, 5) is 4.42. The molecule has 0 aliphatic heterocycles. The Labute approximate surface area is 82.3 Å². The molecule has 0 saturated carbocycles. The van der Waals surface area contributed by atoms with Gasteiger partial charge in [0.15, 0.2) is 5.89 Å². The van der Waals surface area contributed by atoms with Crippen molar-refractivity contribution in [1.29, 1.82) is 0 Å². The van der Waals surface area contributed by atoms with Crippen molar-refractivity contribution in [3.05, 3.63) is 16.4 Å². The number of aromatic nitrogens is 3. The van der Waals surface area contributed by atoms with Crippen LogP contribution in [0.1, 0.15) is 11.6 Å². The summed E-state index contributed by atoms with van der Waals surface area (Å²) in [5.74, 6) is 1.45. The normalized spacial score (nSPS) is 10.7. The monoisotopic (exact) mass is 243 g/mol. The van der Waals surface area contributed by atoms with Crippen molar-refractivity contribution < 1.29 is 8.83 Å². The average Bonchev–Trinajstić information content (AvgIpc) is 2.58. The zero-order valence-corrected chi connectivity index (χ0v) is 8.62. The number of nitrogens with zero attached hydrogens (tertiary/aromatic N) is 3. The van der Waals surface area contributed by atoms with E-state index in [4.69, 9.17) is 8.83 Å². The quantitative estimate of drug-likeness (QED) is 0.768. The van der Waals surface area contributed by atoms with Crippen LogP contribution in [-0.2, 0) is 0 Å². The smallest absolute Gasteiger partial charge is 0.286 e. The van der Waals surface area contributed by atoms with E-state index >= 15 is 0 Å². The summed E-state index contributed by atoms with van der Waals surface area (Å²) >= 11 is 3.06. The van der Waals surface area contributed by atoms with Gasteiger partial charge in [-0.15, -0.1) is 10.2 Å². The van der Waals surface area contributed by atoms with Crippen LogP contribution in [0.4, 0.5) is 0 Å². The van der Waals surface area contributed by atoms with Gasteiger partial charge in [0.25, 0.3) is 10.7 Å². The maximum atomic E-state index is 5.29. The minimum atomic E-state index is 0.330. The van der Waals surface area contributed by atoms with E-state index in [1.807, 2.05) is 6.92 Å². The molecule has 0 saturated heterocycles. The van der Waals surface area contributed by atoms with E-state index in [1.165, 1.54) is 0 Å². The number of aryl methyl sites for hydroxylation is 2. The zero-order valence-electron chi connectivity index (χ0n) is 7.04. The Hall–Kier alpha value is -1.17. The van der Waals surface area contributed by atoms with Crippen LogP contribution in [0.2, 0.25) is 0 Å². The molecule has 0 aliphatic carbocycles. The van der Waals surface area contributed by atoms with Crippen LogP contribution in [0.5, 0.6) is 0 Å². The van der Waals surface area contributed by atoms with E-state index in [0.717, 1.165) is 5.69 Å². The molecule has 0 bridgehead atoms. The van der Waals surface area contributed by atoms with Crippen molar-refractivity contribution in [2.75, 3.05) is 0 Å². The molecule has 2 heterocycles. The van der Waals surface area contributed by atoms with Crippen molar-refractivity contribution in [2.45, 2.75) is 13.8 Å². The molecule has 0 aromatic carbocycles. The molecule has 68 valence electrons. The predicted octanol–water partition coefficient (Wildman–Crippen LogP) is 2.10. The Balaban J connectivity index is 2.51. The first-order valence-corrected chi connectivity index (χ1v) is 4.39. The lowest BCUT2D eigenvalue weighted by Gasteiger charge is -1.86. The average molecular weight is 244 g/mol. The molecule has 0 N–H and O–H groups in total. The number of rotatable bonds is 1. The highest BCUT2D eigenvalue weighted by molar-refractivity contribution is 9.10. The predicted molar refractivity (Wildman–Crippen MR) is 47.0 cm³/mol. The molecule has 6 heteroatoms. The third kappa shape index (κ3) is 1.49. The minimum Gasteiger partial charge on any atom is -0.436 e. The number of hydrogen-bond acceptors (Lipinski definition) is 5. The summed E-state index contributed by atoms with van der Waals surface area (Å²) in [6.45, 7) is 3.59. The molecular formula is C7H6BrN3O2. The summed E-state index contributed by atoms with van der Waals surface area (Å²) in [6, 6.07) is 0. The number of hydrogen-bond donors (Lipinski definition) is 0. The lowest BCUT2D eigenvalue weighted by atomic mass is 10.4. The number of halogens is 1. The molecule has 0 spiro atoms. The SMILES string of the molecule is Cc1nc(C)c(-c2nnc(Br)o2)o1. The Kier molecular flexibility index (Phi) is 1.91. The fraction of sp³-hybridized carbons (Fsp3) is 0.286. The van der Waals surface area contributed by atoms with Gasteiger partial charge in [0.2, 0.25) is 5.76 Å². The van der Waals surface area contributed by atoms with E-state index in [9.17, 15) is 0 Å². The maximum Gasteiger partial charge on any atom is 0.286 e. The molecule has 0 amide bonds. The van der Waals surface area contributed by atoms with Crippen molar-refractivity contribution >= 4 is 15.9 Å². The summed E-state index contributed by atoms with van der Waals surface area (Å²) in [7, 11) is 0. The van der Waals surface area contributed by atoms with Crippen LogP contribution in [-0.4, -0.2) is 15.2 Å². The van der Waals surface area contributed by atoms with Crippen molar-refractivity contribution in [3.8, 4) is 11.7 Å². The highest BCUT2D eigenvalue weighted by Crippen LogP contribution is 2.23. The third-order valence-corrected chi connectivity index (χ3v) is 1.82. The first kappa shape index (κ1) is 8.43. The van der Waals surface area contributed by atoms with Crippen LogP contribution >= 0.6 is 15.9 Å². The van der Waals surface area contributed by atoms with E-state index in [2.05, 4.69) is 31.1 Å². The van der Waals surface area contributed by atoms with Crippen LogP contribution in [0.15, 0.2) is 13.6 Å². The van der Waals surface area contributed by atoms with Gasteiger partial charge in [-0.1, -0.05) is 0 Å². The topological polar surface area (TPSA) is 65.0 Å². The zero-order chi connectivity index (χ0) is 9.42. The van der Waals surface area contributed by atoms with Gasteiger partial charge < -0.3 is 8.83 Å². The lowest BCUT2D eigenvalue weighted by molar-refractivity contribution is 0.483. The standard InChI is InChI=1S/C7H6BrN3O2/c1-3-5(12-4(2)9-3)6-10-11-7(8)13-6/h1-2H3. The second kappa shape index (κ2) is 2.95. The number of oxazole rings is 1. The fourth-order valence-corrected chi connectivity index (χ4v) is 1.26. The molecule has 13 heavy (non-hydrogen) atoms. The fourth-order valence-electron chi connectivity index (χ4n) is 1.03. The van der Waals surface area contributed by atoms with Crippen molar-refractivity contribution in [3.63, 3.8) is 0 Å². The van der Waals surface area contributed by atoms with Gasteiger partial charge in [-0.3, -0.25) is 0 Å². The van der Waals surface area contributed by atoms with Gasteiger partial charge in [-0.25, -0.2) is 4.98 Å². The van der Waals surface area contributed by atoms with Gasteiger partial charge in [0, 0.05) is 22.9 Å². The lowest BCUT2D eigenvalue weighted by Crippen LogP contribution is -1.78. The third-order valence-electron chi connectivity index (χ3n) is 1.50. The maximum absolute atomic E-state index is 5.29. The van der Waals surface area contributed by atoms with Crippen molar-refractivity contribution in [1.82, 2.24) is 15.2 Å². The second-order valence-corrected chi connectivity index (χ2v) is 3.19. The Bertz CT molecular complexity index is 435. The first-order valence-electron chi connectivity index (χ1n) is 3.60. The molecule has 2 rings (SSSR count). The van der Waals surface area contributed by atoms with Crippen molar-refractivity contribution in [2.24, 2.45) is 0 Å². The molecule has 2 aromatic rings. The van der Waals surface area contributed by atoms with Crippen LogP contribution < -0.4 is 0 Å². The Morgan fingerprint density at radius 1 is 1.15 bits per heavy atom. The van der Waals surface area contributed by atoms with Gasteiger partial charge in [-0.05, 0) is 6.92 Å². The van der Waals surface area contributed by atoms with Gasteiger partial charge >= 0.3 is 0 Å². The van der Waals surface area contributed by atoms with Gasteiger partial charge in [0.1, 0.15) is 0 Å². The van der Waals surface area contributed by atoms with E-state index < -0.39 is 0 Å². The second-order valence-electron chi connectivity index (χ2n) is 2.51. The Morgan fingerprint density at radius 2 is 1.92 bits per heavy atom. The summed E-state index contributed by atoms with van der Waals surface area (Å²) in [5, 5.41) is 7.42. The summed E-state index contributed by atoms with van der Waals surface area (Å²) < 4.78 is 10.4. The summed E-state index contributed by atoms with van der Waals surface area (Å²) in [5.41, 5.74) is 0.744. The largest absolute Gasteiger partial charge is 0.436 e. The van der Waals surface area contributed by atoms with Crippen LogP contribution in [0.3, 0.4) is 0 Å². The summed E-state index contributed by atoms with van der Waals surface area (Å²) in [6.07, 6.45) is 0. The minimum absolute atomic E-state index is 0.330. The van der Waals surface area contributed by atoms with Gasteiger partial charge in [0.05, 0.1) is 5.69 Å². The van der Waals surface area contributed by atoms with E-state index in [1.54, 1.807) is 6.92 Å². The molecular weight excluding hydrogens is 238 g/mol.